The molecule has 1 fully saturated rings. The molecule has 0 saturated carbocycles. The van der Waals surface area contributed by atoms with Crippen LogP contribution in [0.2, 0.25) is 0 Å². The van der Waals surface area contributed by atoms with Gasteiger partial charge >= 0.3 is 0 Å². The topological polar surface area (TPSA) is 67.6 Å². The summed E-state index contributed by atoms with van der Waals surface area (Å²) in [4.78, 5) is 14.4. The van der Waals surface area contributed by atoms with Crippen molar-refractivity contribution in [1.82, 2.24) is 14.7 Å². The first-order chi connectivity index (χ1) is 9.58. The van der Waals surface area contributed by atoms with E-state index < -0.39 is 0 Å². The summed E-state index contributed by atoms with van der Waals surface area (Å²) in [5.74, 6) is -0.0346. The van der Waals surface area contributed by atoms with Gasteiger partial charge in [-0.05, 0) is 26.3 Å². The molecule has 1 aromatic heterocycles. The van der Waals surface area contributed by atoms with Crippen LogP contribution in [0.3, 0.4) is 0 Å². The van der Waals surface area contributed by atoms with Crippen LogP contribution >= 0.6 is 0 Å². The molecule has 1 amide bonds. The van der Waals surface area contributed by atoms with Crippen molar-refractivity contribution >= 4 is 5.91 Å². The predicted octanol–water partition coefficient (Wildman–Crippen LogP) is 0.687. The van der Waals surface area contributed by atoms with Gasteiger partial charge in [0.1, 0.15) is 5.69 Å². The first-order valence-corrected chi connectivity index (χ1v) is 7.21. The minimum Gasteiger partial charge on any atom is -0.394 e. The molecular formula is C14H23N3O3. The highest BCUT2D eigenvalue weighted by Gasteiger charge is 2.30. The maximum atomic E-state index is 12.6. The minimum atomic E-state index is -0.300. The van der Waals surface area contributed by atoms with Crippen molar-refractivity contribution in [3.8, 4) is 0 Å². The molecule has 1 aromatic rings. The van der Waals surface area contributed by atoms with Gasteiger partial charge in [0.25, 0.3) is 5.91 Å². The molecule has 0 radical (unpaired) electrons. The van der Waals surface area contributed by atoms with Gasteiger partial charge in [0.15, 0.2) is 0 Å². The molecule has 0 aliphatic carbocycles. The van der Waals surface area contributed by atoms with Crippen molar-refractivity contribution in [2.75, 3.05) is 19.7 Å². The van der Waals surface area contributed by atoms with E-state index in [1.807, 2.05) is 26.8 Å². The number of rotatable bonds is 4. The molecule has 1 aliphatic heterocycles. The van der Waals surface area contributed by atoms with Gasteiger partial charge in [-0.1, -0.05) is 6.92 Å². The third kappa shape index (κ3) is 3.02. The van der Waals surface area contributed by atoms with E-state index in [4.69, 9.17) is 4.74 Å². The highest BCUT2D eigenvalue weighted by molar-refractivity contribution is 5.92. The van der Waals surface area contributed by atoms with E-state index in [2.05, 4.69) is 5.10 Å². The number of aromatic nitrogens is 2. The number of carbonyl (C=O) groups is 1. The summed E-state index contributed by atoms with van der Waals surface area (Å²) in [5.41, 5.74) is 1.55. The smallest absolute Gasteiger partial charge is 0.272 e. The molecule has 1 aliphatic rings. The van der Waals surface area contributed by atoms with Crippen LogP contribution in [0.4, 0.5) is 0 Å². The Bertz CT molecular complexity index is 472. The zero-order valence-corrected chi connectivity index (χ0v) is 12.4. The summed E-state index contributed by atoms with van der Waals surface area (Å²) in [6, 6.07) is 1.86. The molecule has 0 bridgehead atoms. The summed E-state index contributed by atoms with van der Waals surface area (Å²) in [7, 11) is 0. The van der Waals surface area contributed by atoms with Crippen LogP contribution in [0.15, 0.2) is 6.07 Å². The maximum Gasteiger partial charge on any atom is 0.272 e. The van der Waals surface area contributed by atoms with E-state index in [0.29, 0.717) is 25.3 Å². The fraction of sp³-hybridized carbons (Fsp3) is 0.714. The van der Waals surface area contributed by atoms with Crippen LogP contribution in [-0.2, 0) is 17.7 Å². The highest BCUT2D eigenvalue weighted by atomic mass is 16.5. The number of ether oxygens (including phenoxy) is 1. The summed E-state index contributed by atoms with van der Waals surface area (Å²) >= 11 is 0. The molecule has 2 heterocycles. The second-order valence-corrected chi connectivity index (χ2v) is 5.15. The average molecular weight is 281 g/mol. The van der Waals surface area contributed by atoms with Gasteiger partial charge in [-0.3, -0.25) is 9.48 Å². The van der Waals surface area contributed by atoms with E-state index in [-0.39, 0.29) is 24.7 Å². The van der Waals surface area contributed by atoms with E-state index in [9.17, 15) is 9.90 Å². The Morgan fingerprint density at radius 2 is 2.25 bits per heavy atom. The van der Waals surface area contributed by atoms with Gasteiger partial charge in [-0.2, -0.15) is 5.10 Å². The molecule has 6 heteroatoms. The standard InChI is InChI=1S/C14H23N3O3/c1-4-11-6-13(17(5-2)15-11)14(19)16-7-10(3)20-12(8-16)9-18/h6,10,12,18H,4-5,7-9H2,1-3H3. The second kappa shape index (κ2) is 6.37. The van der Waals surface area contributed by atoms with Gasteiger partial charge < -0.3 is 14.7 Å². The lowest BCUT2D eigenvalue weighted by atomic mass is 10.2. The summed E-state index contributed by atoms with van der Waals surface area (Å²) in [6.45, 7) is 7.49. The molecule has 0 spiro atoms. The number of aliphatic hydroxyl groups is 1. The number of aryl methyl sites for hydroxylation is 2. The number of carbonyl (C=O) groups excluding carboxylic acids is 1. The van der Waals surface area contributed by atoms with Crippen molar-refractivity contribution in [1.29, 1.82) is 0 Å². The SMILES string of the molecule is CCc1cc(C(=O)N2CC(C)OC(CO)C2)n(CC)n1. The lowest BCUT2D eigenvalue weighted by molar-refractivity contribution is -0.0860. The first-order valence-electron chi connectivity index (χ1n) is 7.21. The Morgan fingerprint density at radius 1 is 1.50 bits per heavy atom. The van der Waals surface area contributed by atoms with E-state index >= 15 is 0 Å². The Labute approximate surface area is 119 Å². The van der Waals surface area contributed by atoms with Gasteiger partial charge in [0.05, 0.1) is 24.5 Å². The molecule has 2 rings (SSSR count). The van der Waals surface area contributed by atoms with Crippen LogP contribution in [0.1, 0.15) is 37.0 Å². The normalized spacial score (nSPS) is 23.1. The van der Waals surface area contributed by atoms with Crippen molar-refractivity contribution in [2.24, 2.45) is 0 Å². The van der Waals surface area contributed by atoms with Gasteiger partial charge in [-0.15, -0.1) is 0 Å². The largest absolute Gasteiger partial charge is 0.394 e. The second-order valence-electron chi connectivity index (χ2n) is 5.15. The Morgan fingerprint density at radius 3 is 2.85 bits per heavy atom. The first kappa shape index (κ1) is 15.0. The van der Waals surface area contributed by atoms with Crippen molar-refractivity contribution in [3.05, 3.63) is 17.5 Å². The number of morpholine rings is 1. The summed E-state index contributed by atoms with van der Waals surface area (Å²) in [5, 5.41) is 13.7. The monoisotopic (exact) mass is 281 g/mol. The van der Waals surface area contributed by atoms with E-state index in [1.165, 1.54) is 0 Å². The zero-order valence-electron chi connectivity index (χ0n) is 12.4. The number of amides is 1. The molecule has 112 valence electrons. The molecule has 1 saturated heterocycles. The number of nitrogens with zero attached hydrogens (tertiary/aromatic N) is 3. The summed E-state index contributed by atoms with van der Waals surface area (Å²) in [6.07, 6.45) is 0.450. The predicted molar refractivity (Wildman–Crippen MR) is 74.6 cm³/mol. The Balaban J connectivity index is 2.19. The Hall–Kier alpha value is -1.40. The number of aliphatic hydroxyl groups excluding tert-OH is 1. The molecule has 1 N–H and O–H groups in total. The summed E-state index contributed by atoms with van der Waals surface area (Å²) < 4.78 is 7.31. The molecule has 6 nitrogen and oxygen atoms in total. The lowest BCUT2D eigenvalue weighted by Crippen LogP contribution is -2.50. The minimum absolute atomic E-state index is 0.0346. The van der Waals surface area contributed by atoms with Gasteiger partial charge in [-0.25, -0.2) is 0 Å². The fourth-order valence-electron chi connectivity index (χ4n) is 2.53. The lowest BCUT2D eigenvalue weighted by Gasteiger charge is -2.36. The van der Waals surface area contributed by atoms with Crippen molar-refractivity contribution in [2.45, 2.75) is 45.9 Å². The van der Waals surface area contributed by atoms with Crippen molar-refractivity contribution in [3.63, 3.8) is 0 Å². The average Bonchev–Trinajstić information content (AvgIpc) is 2.89. The van der Waals surface area contributed by atoms with E-state index in [0.717, 1.165) is 12.1 Å². The molecule has 0 aromatic carbocycles. The Kier molecular flexibility index (Phi) is 4.77. The van der Waals surface area contributed by atoms with Crippen LogP contribution in [-0.4, -0.2) is 57.6 Å². The maximum absolute atomic E-state index is 12.6. The van der Waals surface area contributed by atoms with E-state index in [1.54, 1.807) is 9.58 Å². The third-order valence-electron chi connectivity index (χ3n) is 3.53. The third-order valence-corrected chi connectivity index (χ3v) is 3.53. The van der Waals surface area contributed by atoms with Gasteiger partial charge in [0.2, 0.25) is 0 Å². The number of hydrogen-bond donors (Lipinski definition) is 1. The number of hydrogen-bond acceptors (Lipinski definition) is 4. The van der Waals surface area contributed by atoms with Crippen molar-refractivity contribution < 1.29 is 14.6 Å². The van der Waals surface area contributed by atoms with Gasteiger partial charge in [0, 0.05) is 19.6 Å². The zero-order chi connectivity index (χ0) is 14.7. The molecule has 2 unspecified atom stereocenters. The molecular weight excluding hydrogens is 258 g/mol. The van der Waals surface area contributed by atoms with Crippen LogP contribution in [0.5, 0.6) is 0 Å². The molecule has 20 heavy (non-hydrogen) atoms. The molecule has 2 atom stereocenters. The highest BCUT2D eigenvalue weighted by Crippen LogP contribution is 2.15. The van der Waals surface area contributed by atoms with Crippen LogP contribution in [0.25, 0.3) is 0 Å². The van der Waals surface area contributed by atoms with Crippen LogP contribution in [0, 0.1) is 0 Å². The fourth-order valence-corrected chi connectivity index (χ4v) is 2.53. The van der Waals surface area contributed by atoms with Crippen LogP contribution < -0.4 is 0 Å². The quantitative estimate of drug-likeness (QED) is 0.881.